The Morgan fingerprint density at radius 2 is 1.23 bits per heavy atom. The third-order valence-electron chi connectivity index (χ3n) is 4.16. The maximum absolute atomic E-state index is 11.8. The second kappa shape index (κ2) is 11.6. The molecule has 0 N–H and O–H groups in total. The molecule has 0 radical (unpaired) electrons. The monoisotopic (exact) mass is 457 g/mol. The molecule has 3 rings (SSSR count). The van der Waals surface area contributed by atoms with E-state index in [1.807, 2.05) is 62.4 Å². The molecule has 2 aromatic carbocycles. The lowest BCUT2D eigenvalue weighted by molar-refractivity contribution is -0.391. The van der Waals surface area contributed by atoms with E-state index in [-0.39, 0.29) is 5.69 Å². The molecule has 0 fully saturated rings. The molecular weight excluding hydrogens is 434 g/mol. The Hall–Kier alpha value is -2.78. The quantitative estimate of drug-likeness (QED) is 0.155. The molecule has 0 amide bonds. The van der Waals surface area contributed by atoms with E-state index in [1.165, 1.54) is 29.9 Å². The van der Waals surface area contributed by atoms with Gasteiger partial charge in [-0.3, -0.25) is 10.1 Å². The molecule has 1 aromatic heterocycles. The van der Waals surface area contributed by atoms with E-state index in [9.17, 15) is 10.1 Å². The predicted molar refractivity (Wildman–Crippen MR) is 123 cm³/mol. The lowest BCUT2D eigenvalue weighted by atomic mass is 10.2. The molecule has 0 unspecified atom stereocenters. The van der Waals surface area contributed by atoms with E-state index < -0.39 is 4.92 Å². The predicted octanol–water partition coefficient (Wildman–Crippen LogP) is 5.77. The summed E-state index contributed by atoms with van der Waals surface area (Å²) >= 11 is 2.65. The van der Waals surface area contributed by atoms with Crippen molar-refractivity contribution >= 4 is 29.2 Å². The van der Waals surface area contributed by atoms with Crippen LogP contribution >= 0.6 is 23.5 Å². The van der Waals surface area contributed by atoms with Crippen molar-refractivity contribution in [2.75, 3.05) is 13.2 Å². The van der Waals surface area contributed by atoms with Crippen molar-refractivity contribution < 1.29 is 14.4 Å². The Kier molecular flexibility index (Phi) is 8.54. The van der Waals surface area contributed by atoms with Crippen LogP contribution in [-0.2, 0) is 11.5 Å². The third kappa shape index (κ3) is 6.60. The van der Waals surface area contributed by atoms with Crippen molar-refractivity contribution in [3.63, 3.8) is 0 Å². The molecule has 0 saturated heterocycles. The molecule has 0 bridgehead atoms. The zero-order valence-corrected chi connectivity index (χ0v) is 18.9. The Morgan fingerprint density at radius 3 is 1.58 bits per heavy atom. The van der Waals surface area contributed by atoms with Crippen molar-refractivity contribution in [2.24, 2.45) is 0 Å². The summed E-state index contributed by atoms with van der Waals surface area (Å²) < 4.78 is 10.9. The van der Waals surface area contributed by atoms with Crippen molar-refractivity contribution in [1.29, 1.82) is 0 Å². The maximum Gasteiger partial charge on any atom is 0.333 e. The summed E-state index contributed by atoms with van der Waals surface area (Å²) in [7, 11) is 0. The first-order chi connectivity index (χ1) is 15.1. The average molecular weight is 458 g/mol. The van der Waals surface area contributed by atoms with Gasteiger partial charge in [-0.2, -0.15) is 0 Å². The summed E-state index contributed by atoms with van der Waals surface area (Å²) in [6.45, 7) is 5.09. The first-order valence-corrected chi connectivity index (χ1v) is 11.8. The largest absolute Gasteiger partial charge is 0.494 e. The molecule has 1 heterocycles. The summed E-state index contributed by atoms with van der Waals surface area (Å²) in [6.07, 6.45) is 1.38. The van der Waals surface area contributed by atoms with Gasteiger partial charge >= 0.3 is 5.69 Å². The number of aromatic nitrogens is 2. The van der Waals surface area contributed by atoms with E-state index in [4.69, 9.17) is 9.47 Å². The van der Waals surface area contributed by atoms with Gasteiger partial charge in [0.05, 0.1) is 18.1 Å². The number of hydrogen-bond donors (Lipinski definition) is 0. The van der Waals surface area contributed by atoms with Gasteiger partial charge in [0.15, 0.2) is 10.1 Å². The Labute approximate surface area is 189 Å². The van der Waals surface area contributed by atoms with Crippen LogP contribution in [0.1, 0.15) is 25.0 Å². The van der Waals surface area contributed by atoms with Gasteiger partial charge < -0.3 is 9.47 Å². The average Bonchev–Trinajstić information content (AvgIpc) is 2.78. The molecule has 9 heteroatoms. The fourth-order valence-corrected chi connectivity index (χ4v) is 4.63. The minimum atomic E-state index is -0.402. The molecule has 162 valence electrons. The number of ether oxygens (including phenoxy) is 2. The molecule has 31 heavy (non-hydrogen) atoms. The maximum atomic E-state index is 11.8. The zero-order valence-electron chi connectivity index (χ0n) is 17.3. The lowest BCUT2D eigenvalue weighted by Crippen LogP contribution is -1.99. The van der Waals surface area contributed by atoms with Crippen LogP contribution in [0.4, 0.5) is 5.69 Å². The molecular formula is C22H23N3O4S2. The topological polar surface area (TPSA) is 87.4 Å². The second-order valence-corrected chi connectivity index (χ2v) is 8.25. The number of hydrogen-bond acceptors (Lipinski definition) is 8. The first-order valence-electron chi connectivity index (χ1n) is 9.79. The van der Waals surface area contributed by atoms with Crippen molar-refractivity contribution in [2.45, 2.75) is 35.4 Å². The second-order valence-electron chi connectivity index (χ2n) is 6.32. The van der Waals surface area contributed by atoms with E-state index in [2.05, 4.69) is 9.97 Å². The molecule has 3 aromatic rings. The van der Waals surface area contributed by atoms with Crippen LogP contribution in [0.2, 0.25) is 0 Å². The molecule has 0 aliphatic rings. The summed E-state index contributed by atoms with van der Waals surface area (Å²) in [5, 5.41) is 12.5. The van der Waals surface area contributed by atoms with Gasteiger partial charge in [0, 0.05) is 11.5 Å². The third-order valence-corrected chi connectivity index (χ3v) is 6.26. The van der Waals surface area contributed by atoms with Crippen molar-refractivity contribution in [3.8, 4) is 11.5 Å². The normalized spacial score (nSPS) is 10.6. The molecule has 0 atom stereocenters. The van der Waals surface area contributed by atoms with Crippen LogP contribution in [-0.4, -0.2) is 28.1 Å². The number of rotatable bonds is 11. The van der Waals surface area contributed by atoms with Gasteiger partial charge in [-0.05, 0) is 49.2 Å². The molecule has 7 nitrogen and oxygen atoms in total. The van der Waals surface area contributed by atoms with Gasteiger partial charge in [0.25, 0.3) is 0 Å². The van der Waals surface area contributed by atoms with E-state index >= 15 is 0 Å². The summed E-state index contributed by atoms with van der Waals surface area (Å²) in [6, 6.07) is 15.4. The lowest BCUT2D eigenvalue weighted by Gasteiger charge is -2.08. The van der Waals surface area contributed by atoms with Gasteiger partial charge in [0.2, 0.25) is 0 Å². The van der Waals surface area contributed by atoms with Crippen LogP contribution in [0.3, 0.4) is 0 Å². The number of thioether (sulfide) groups is 2. The fraction of sp³-hybridized carbons (Fsp3) is 0.273. The Bertz CT molecular complexity index is 927. The van der Waals surface area contributed by atoms with Gasteiger partial charge in [-0.1, -0.05) is 47.8 Å². The Morgan fingerprint density at radius 1 is 0.806 bits per heavy atom. The standard InChI is InChI=1S/C22H23N3O4S2/c1-3-28-18-9-5-16(6-10-18)13-30-21-20(25(26)27)22(24-15-23-21)31-14-17-7-11-19(12-8-17)29-4-2/h5-12,15H,3-4,13-14H2,1-2H3. The SMILES string of the molecule is CCOc1ccc(CSc2ncnc(SCc3ccc(OCC)cc3)c2[N+](=O)[O-])cc1. The molecule has 0 aliphatic carbocycles. The van der Waals surface area contributed by atoms with Crippen LogP contribution < -0.4 is 9.47 Å². The van der Waals surface area contributed by atoms with Crippen molar-refractivity contribution in [1.82, 2.24) is 9.97 Å². The minimum Gasteiger partial charge on any atom is -0.494 e. The molecule has 0 spiro atoms. The fourth-order valence-electron chi connectivity index (χ4n) is 2.72. The van der Waals surface area contributed by atoms with Crippen LogP contribution in [0, 0.1) is 10.1 Å². The van der Waals surface area contributed by atoms with Gasteiger partial charge in [-0.25, -0.2) is 9.97 Å². The number of benzene rings is 2. The summed E-state index contributed by atoms with van der Waals surface area (Å²) in [4.78, 5) is 19.7. The first kappa shape index (κ1) is 22.9. The number of nitrogens with zero attached hydrogens (tertiary/aromatic N) is 3. The van der Waals surface area contributed by atoms with Crippen molar-refractivity contribution in [3.05, 3.63) is 76.1 Å². The van der Waals surface area contributed by atoms with E-state index in [0.717, 1.165) is 22.6 Å². The zero-order chi connectivity index (χ0) is 22.1. The van der Waals surface area contributed by atoms with E-state index in [0.29, 0.717) is 34.8 Å². The molecule has 0 saturated carbocycles. The number of nitro groups is 1. The van der Waals surface area contributed by atoms with Crippen LogP contribution in [0.5, 0.6) is 11.5 Å². The van der Waals surface area contributed by atoms with Gasteiger partial charge in [0.1, 0.15) is 17.8 Å². The van der Waals surface area contributed by atoms with Crippen LogP contribution in [0.15, 0.2) is 64.9 Å². The smallest absolute Gasteiger partial charge is 0.333 e. The minimum absolute atomic E-state index is 0.0469. The summed E-state index contributed by atoms with van der Waals surface area (Å²) in [5.74, 6) is 2.73. The van der Waals surface area contributed by atoms with Crippen LogP contribution in [0.25, 0.3) is 0 Å². The highest BCUT2D eigenvalue weighted by atomic mass is 32.2. The highest BCUT2D eigenvalue weighted by Gasteiger charge is 2.23. The summed E-state index contributed by atoms with van der Waals surface area (Å²) in [5.41, 5.74) is 2.02. The highest BCUT2D eigenvalue weighted by molar-refractivity contribution is 7.99. The van der Waals surface area contributed by atoms with E-state index in [1.54, 1.807) is 0 Å². The Balaban J connectivity index is 1.69. The molecule has 0 aliphatic heterocycles. The van der Waals surface area contributed by atoms with Gasteiger partial charge in [-0.15, -0.1) is 0 Å². The highest BCUT2D eigenvalue weighted by Crippen LogP contribution is 2.37.